The SMILES string of the molecule is CCOC(=O)c1c(NC(C)=O)sc(C(=O)Nc2cc(C)ccc2C)c1C. The van der Waals surface area contributed by atoms with E-state index in [9.17, 15) is 14.4 Å². The summed E-state index contributed by atoms with van der Waals surface area (Å²) >= 11 is 1.06. The number of esters is 1. The highest BCUT2D eigenvalue weighted by atomic mass is 32.1. The topological polar surface area (TPSA) is 84.5 Å². The molecular formula is C19H22N2O4S. The van der Waals surface area contributed by atoms with Gasteiger partial charge in [0.25, 0.3) is 5.91 Å². The van der Waals surface area contributed by atoms with Gasteiger partial charge in [0, 0.05) is 12.6 Å². The van der Waals surface area contributed by atoms with Gasteiger partial charge in [-0.25, -0.2) is 4.79 Å². The molecule has 0 aliphatic heterocycles. The summed E-state index contributed by atoms with van der Waals surface area (Å²) in [4.78, 5) is 36.8. The zero-order chi connectivity index (χ0) is 19.4. The summed E-state index contributed by atoms with van der Waals surface area (Å²) in [5.74, 6) is -1.21. The monoisotopic (exact) mass is 374 g/mol. The van der Waals surface area contributed by atoms with Gasteiger partial charge >= 0.3 is 5.97 Å². The Morgan fingerprint density at radius 3 is 2.42 bits per heavy atom. The van der Waals surface area contributed by atoms with Crippen LogP contribution in [-0.2, 0) is 9.53 Å². The van der Waals surface area contributed by atoms with Crippen molar-refractivity contribution in [1.29, 1.82) is 0 Å². The zero-order valence-electron chi connectivity index (χ0n) is 15.5. The van der Waals surface area contributed by atoms with Crippen LogP contribution in [-0.4, -0.2) is 24.4 Å². The fourth-order valence-corrected chi connectivity index (χ4v) is 3.61. The van der Waals surface area contributed by atoms with E-state index in [-0.39, 0.29) is 24.0 Å². The molecule has 0 fully saturated rings. The number of hydrogen-bond donors (Lipinski definition) is 2. The Kier molecular flexibility index (Phi) is 6.15. The molecule has 2 N–H and O–H groups in total. The quantitative estimate of drug-likeness (QED) is 0.773. The van der Waals surface area contributed by atoms with Crippen LogP contribution >= 0.6 is 11.3 Å². The van der Waals surface area contributed by atoms with E-state index in [1.807, 2.05) is 32.0 Å². The minimum Gasteiger partial charge on any atom is -0.462 e. The predicted octanol–water partition coefficient (Wildman–Crippen LogP) is 4.06. The van der Waals surface area contributed by atoms with Gasteiger partial charge < -0.3 is 15.4 Å². The molecule has 0 spiro atoms. The first-order valence-corrected chi connectivity index (χ1v) is 9.03. The van der Waals surface area contributed by atoms with Crippen LogP contribution in [0.4, 0.5) is 10.7 Å². The summed E-state index contributed by atoms with van der Waals surface area (Å²) in [5, 5.41) is 5.81. The maximum atomic E-state index is 12.8. The standard InChI is InChI=1S/C19H22N2O4S/c1-6-25-19(24)15-12(4)16(26-18(15)20-13(5)22)17(23)21-14-9-10(2)7-8-11(14)3/h7-9H,6H2,1-5H3,(H,20,22)(H,21,23). The number of ether oxygens (including phenoxy) is 1. The van der Waals surface area contributed by atoms with Crippen molar-refractivity contribution in [3.05, 3.63) is 45.3 Å². The Hall–Kier alpha value is -2.67. The van der Waals surface area contributed by atoms with Gasteiger partial charge in [0.1, 0.15) is 5.00 Å². The Morgan fingerprint density at radius 1 is 1.12 bits per heavy atom. The van der Waals surface area contributed by atoms with E-state index in [0.29, 0.717) is 21.1 Å². The van der Waals surface area contributed by atoms with Crippen molar-refractivity contribution >= 4 is 39.8 Å². The third-order valence-electron chi connectivity index (χ3n) is 3.76. The van der Waals surface area contributed by atoms with E-state index in [1.54, 1.807) is 13.8 Å². The lowest BCUT2D eigenvalue weighted by molar-refractivity contribution is -0.114. The summed E-state index contributed by atoms with van der Waals surface area (Å²) in [5.41, 5.74) is 3.38. The van der Waals surface area contributed by atoms with E-state index in [4.69, 9.17) is 4.74 Å². The average Bonchev–Trinajstić information content (AvgIpc) is 2.86. The summed E-state index contributed by atoms with van der Waals surface area (Å²) in [7, 11) is 0. The van der Waals surface area contributed by atoms with Gasteiger partial charge in [0.15, 0.2) is 0 Å². The first kappa shape index (κ1) is 19.7. The zero-order valence-corrected chi connectivity index (χ0v) is 16.3. The molecule has 138 valence electrons. The highest BCUT2D eigenvalue weighted by molar-refractivity contribution is 7.18. The molecule has 0 aliphatic carbocycles. The summed E-state index contributed by atoms with van der Waals surface area (Å²) in [6, 6.07) is 5.78. The molecule has 6 nitrogen and oxygen atoms in total. The number of hydrogen-bond acceptors (Lipinski definition) is 5. The summed E-state index contributed by atoms with van der Waals surface area (Å²) in [6.45, 7) is 8.78. The highest BCUT2D eigenvalue weighted by Crippen LogP contribution is 2.34. The number of benzene rings is 1. The van der Waals surface area contributed by atoms with Crippen molar-refractivity contribution in [1.82, 2.24) is 0 Å². The molecular weight excluding hydrogens is 352 g/mol. The van der Waals surface area contributed by atoms with Crippen LogP contribution in [0.15, 0.2) is 18.2 Å². The van der Waals surface area contributed by atoms with Crippen LogP contribution in [0, 0.1) is 20.8 Å². The molecule has 2 amide bonds. The predicted molar refractivity (Wildman–Crippen MR) is 103 cm³/mol. The van der Waals surface area contributed by atoms with Crippen LogP contribution in [0.25, 0.3) is 0 Å². The van der Waals surface area contributed by atoms with Crippen LogP contribution in [0.1, 0.15) is 50.6 Å². The number of nitrogens with one attached hydrogen (secondary N) is 2. The fourth-order valence-electron chi connectivity index (χ4n) is 2.48. The number of aryl methyl sites for hydroxylation is 2. The van der Waals surface area contributed by atoms with Crippen molar-refractivity contribution < 1.29 is 19.1 Å². The number of carbonyl (C=O) groups is 3. The van der Waals surface area contributed by atoms with Crippen molar-refractivity contribution in [2.24, 2.45) is 0 Å². The third-order valence-corrected chi connectivity index (χ3v) is 4.97. The molecule has 0 unspecified atom stereocenters. The van der Waals surface area contributed by atoms with Crippen LogP contribution in [0.5, 0.6) is 0 Å². The molecule has 1 aromatic heterocycles. The number of thiophene rings is 1. The molecule has 7 heteroatoms. The van der Waals surface area contributed by atoms with Gasteiger partial charge in [0.2, 0.25) is 5.91 Å². The molecule has 2 rings (SSSR count). The van der Waals surface area contributed by atoms with Gasteiger partial charge in [-0.15, -0.1) is 11.3 Å². The lowest BCUT2D eigenvalue weighted by atomic mass is 10.1. The first-order valence-electron chi connectivity index (χ1n) is 8.21. The van der Waals surface area contributed by atoms with Crippen molar-refractivity contribution in [2.75, 3.05) is 17.2 Å². The molecule has 0 aliphatic rings. The largest absolute Gasteiger partial charge is 0.462 e. The van der Waals surface area contributed by atoms with Crippen LogP contribution < -0.4 is 10.6 Å². The summed E-state index contributed by atoms with van der Waals surface area (Å²) in [6.07, 6.45) is 0. The Bertz CT molecular complexity index is 871. The Balaban J connectivity index is 2.42. The van der Waals surface area contributed by atoms with E-state index >= 15 is 0 Å². The maximum absolute atomic E-state index is 12.8. The van der Waals surface area contributed by atoms with Gasteiger partial charge in [-0.05, 0) is 50.5 Å². The second kappa shape index (κ2) is 8.14. The maximum Gasteiger partial charge on any atom is 0.341 e. The smallest absolute Gasteiger partial charge is 0.341 e. The molecule has 1 aromatic carbocycles. The van der Waals surface area contributed by atoms with Crippen LogP contribution in [0.3, 0.4) is 0 Å². The Labute approximate surface area is 156 Å². The normalized spacial score (nSPS) is 10.3. The molecule has 0 radical (unpaired) electrons. The minimum absolute atomic E-state index is 0.206. The van der Waals surface area contributed by atoms with E-state index in [2.05, 4.69) is 10.6 Å². The van der Waals surface area contributed by atoms with E-state index < -0.39 is 5.97 Å². The van der Waals surface area contributed by atoms with Crippen molar-refractivity contribution in [2.45, 2.75) is 34.6 Å². The fraction of sp³-hybridized carbons (Fsp3) is 0.316. The third kappa shape index (κ3) is 4.29. The molecule has 1 heterocycles. The molecule has 0 atom stereocenters. The molecule has 26 heavy (non-hydrogen) atoms. The average molecular weight is 374 g/mol. The molecule has 2 aromatic rings. The lowest BCUT2D eigenvalue weighted by Gasteiger charge is -2.09. The minimum atomic E-state index is -0.559. The van der Waals surface area contributed by atoms with Gasteiger partial charge in [-0.3, -0.25) is 9.59 Å². The first-order chi connectivity index (χ1) is 12.2. The highest BCUT2D eigenvalue weighted by Gasteiger charge is 2.26. The van der Waals surface area contributed by atoms with Crippen molar-refractivity contribution in [3.8, 4) is 0 Å². The van der Waals surface area contributed by atoms with E-state index in [0.717, 1.165) is 22.5 Å². The molecule has 0 saturated heterocycles. The Morgan fingerprint density at radius 2 is 1.81 bits per heavy atom. The van der Waals surface area contributed by atoms with Gasteiger partial charge in [-0.2, -0.15) is 0 Å². The molecule has 0 bridgehead atoms. The van der Waals surface area contributed by atoms with Gasteiger partial charge in [0.05, 0.1) is 17.0 Å². The van der Waals surface area contributed by atoms with Crippen molar-refractivity contribution in [3.63, 3.8) is 0 Å². The van der Waals surface area contributed by atoms with E-state index in [1.165, 1.54) is 6.92 Å². The number of anilines is 2. The lowest BCUT2D eigenvalue weighted by Crippen LogP contribution is -2.14. The summed E-state index contributed by atoms with van der Waals surface area (Å²) < 4.78 is 5.06. The number of amides is 2. The second-order valence-corrected chi connectivity index (χ2v) is 6.96. The second-order valence-electron chi connectivity index (χ2n) is 5.93. The van der Waals surface area contributed by atoms with Crippen LogP contribution in [0.2, 0.25) is 0 Å². The number of rotatable bonds is 5. The number of carbonyl (C=O) groups excluding carboxylic acids is 3. The van der Waals surface area contributed by atoms with Gasteiger partial charge in [-0.1, -0.05) is 12.1 Å². The molecule has 0 saturated carbocycles.